The Morgan fingerprint density at radius 2 is 1.24 bits per heavy atom. The molecule has 622 valence electrons. The Labute approximate surface area is 639 Å². The maximum Gasteiger partial charge on any atom is 0.397 e. The first-order valence-electron chi connectivity index (χ1n) is 39.3. The van der Waals surface area contributed by atoms with Crippen LogP contribution in [0.15, 0.2) is 0 Å². The molecule has 0 aromatic heterocycles. The van der Waals surface area contributed by atoms with Crippen molar-refractivity contribution in [2.75, 3.05) is 115 Å². The predicted octanol–water partition coefficient (Wildman–Crippen LogP) is 4.95. The lowest BCUT2D eigenvalue weighted by atomic mass is 9.74. The SMILES string of the molecule is CCO[C@@H]1C[C@H]2C(=O)NC3(CCC3)C(=O)N(C)[C@@H](C3CCCC3)C(=O)N(C)[C@H](C(=O)N3CCOCC3)CC(=O)N(C)[C@@H](COC)C(=O)N[C@@H]([C@@H](C)CC)C(=O)N(C)CC(=O)N(C)[C@H]3CCCCCN(C3=O)[C@@H](CC3CCC(C(F)(F)F)CC3)C(=O)N(C)CC(=O)N[C@@H](CCC3CC(F)C(C(F)(F)F)C(F)C3)C(=O)N2C1. The second-order valence-electron chi connectivity index (χ2n) is 32.0. The molecule has 12 amide bonds. The van der Waals surface area contributed by atoms with E-state index in [0.29, 0.717) is 57.8 Å². The van der Waals surface area contributed by atoms with Gasteiger partial charge in [0.05, 0.1) is 51.4 Å². The molecule has 4 saturated carbocycles. The van der Waals surface area contributed by atoms with Crippen molar-refractivity contribution in [2.45, 2.75) is 253 Å². The second-order valence-corrected chi connectivity index (χ2v) is 32.0. The van der Waals surface area contributed by atoms with E-state index in [1.54, 1.807) is 20.8 Å². The number of amides is 12. The summed E-state index contributed by atoms with van der Waals surface area (Å²) in [5.74, 6) is -17.0. The van der Waals surface area contributed by atoms with Gasteiger partial charge in [0.1, 0.15) is 72.1 Å². The summed E-state index contributed by atoms with van der Waals surface area (Å²) < 4.78 is 132. The van der Waals surface area contributed by atoms with E-state index >= 15 is 42.3 Å². The Morgan fingerprint density at radius 3 is 1.82 bits per heavy atom. The molecule has 0 radical (unpaired) electrons. The molecule has 27 nitrogen and oxygen atoms in total. The highest BCUT2D eigenvalue weighted by molar-refractivity contribution is 6.01. The van der Waals surface area contributed by atoms with Crippen LogP contribution in [0.4, 0.5) is 35.1 Å². The van der Waals surface area contributed by atoms with E-state index < -0.39 is 236 Å². The van der Waals surface area contributed by atoms with Gasteiger partial charge >= 0.3 is 12.4 Å². The normalized spacial score (nSPS) is 32.3. The van der Waals surface area contributed by atoms with Crippen molar-refractivity contribution < 1.29 is 107 Å². The van der Waals surface area contributed by atoms with Gasteiger partial charge < -0.3 is 74.3 Å². The number of carbonyl (C=O) groups is 12. The van der Waals surface area contributed by atoms with E-state index in [9.17, 15) is 50.3 Å². The summed E-state index contributed by atoms with van der Waals surface area (Å²) in [7, 11) is 9.22. The van der Waals surface area contributed by atoms with Crippen molar-refractivity contribution in [3.8, 4) is 0 Å². The number of nitrogens with zero attached hydrogens (tertiary/aromatic N) is 9. The fraction of sp³-hybridized carbons (Fsp3) is 0.840. The summed E-state index contributed by atoms with van der Waals surface area (Å²) in [5, 5.41) is 8.35. The van der Waals surface area contributed by atoms with Crippen LogP contribution in [0.2, 0.25) is 0 Å². The van der Waals surface area contributed by atoms with Crippen LogP contribution >= 0.6 is 0 Å². The molecule has 110 heavy (non-hydrogen) atoms. The van der Waals surface area contributed by atoms with Gasteiger partial charge in [-0.25, -0.2) is 8.78 Å². The van der Waals surface area contributed by atoms with E-state index in [2.05, 4.69) is 16.0 Å². The van der Waals surface area contributed by atoms with E-state index in [1.165, 1.54) is 64.1 Å². The fourth-order valence-electron chi connectivity index (χ4n) is 17.6. The molecular weight excluding hydrogens is 1460 g/mol. The molecule has 2 bridgehead atoms. The van der Waals surface area contributed by atoms with E-state index in [-0.39, 0.29) is 110 Å². The first kappa shape index (κ1) is 88.5. The van der Waals surface area contributed by atoms with Crippen LogP contribution < -0.4 is 16.0 Å². The number of morpholine rings is 1. The molecule has 35 heteroatoms. The first-order valence-corrected chi connectivity index (χ1v) is 39.3. The van der Waals surface area contributed by atoms with Crippen molar-refractivity contribution >= 4 is 70.9 Å². The first-order chi connectivity index (χ1) is 51.9. The minimum absolute atomic E-state index is 0.00230. The number of halogens is 8. The largest absolute Gasteiger partial charge is 0.397 e. The van der Waals surface area contributed by atoms with Gasteiger partial charge in [0.15, 0.2) is 0 Å². The van der Waals surface area contributed by atoms with Crippen molar-refractivity contribution in [3.05, 3.63) is 0 Å². The number of carbonyl (C=O) groups excluding carboxylic acids is 12. The lowest BCUT2D eigenvalue weighted by molar-refractivity contribution is -0.219. The zero-order valence-electron chi connectivity index (χ0n) is 65.3. The Morgan fingerprint density at radius 1 is 0.609 bits per heavy atom. The van der Waals surface area contributed by atoms with Gasteiger partial charge in [-0.2, -0.15) is 26.3 Å². The van der Waals surface area contributed by atoms with Gasteiger partial charge in [-0.15, -0.1) is 0 Å². The quantitative estimate of drug-likeness (QED) is 0.206. The third kappa shape index (κ3) is 21.2. The highest BCUT2D eigenvalue weighted by Crippen LogP contribution is 2.46. The van der Waals surface area contributed by atoms with Crippen molar-refractivity contribution in [3.63, 3.8) is 0 Å². The van der Waals surface area contributed by atoms with Crippen LogP contribution in [0, 0.1) is 35.5 Å². The molecule has 8 aliphatic rings. The summed E-state index contributed by atoms with van der Waals surface area (Å²) in [5.41, 5.74) is -1.71. The van der Waals surface area contributed by atoms with Crippen LogP contribution in [-0.4, -0.2) is 315 Å². The average Bonchev–Trinajstić information content (AvgIpc) is 1.39. The molecular formula is C75H116F8N12O15. The maximum atomic E-state index is 15.7. The molecule has 0 aromatic rings. The topological polar surface area (TPSA) is 298 Å². The lowest BCUT2D eigenvalue weighted by Crippen LogP contribution is -2.68. The zero-order chi connectivity index (χ0) is 81.0. The molecule has 2 unspecified atom stereocenters. The van der Waals surface area contributed by atoms with Crippen molar-refractivity contribution in [2.24, 2.45) is 35.5 Å². The molecule has 3 N–H and O–H groups in total. The number of alkyl halides is 8. The smallest absolute Gasteiger partial charge is 0.382 e. The maximum absolute atomic E-state index is 15.7. The number of ether oxygens (including phenoxy) is 3. The summed E-state index contributed by atoms with van der Waals surface area (Å²) >= 11 is 0. The standard InChI is InChI=1S/C75H116F8N12O15/c1-11-44(3)62-70(105)88(5)42-60(98)89(6)53-21-14-13-17-30-94(69(53)104)56(37-45-22-25-48(26-23-45)74(78,79)80)67(102)87(4)41-58(96)84-52(27-24-46-35-50(76)61(51(77)36-46)75(81,82)83)66(101)95-40-49(110-12-2)38-54(95)65(100)86-73(28-18-29-73)72(107)92(9)63(47-19-15-16-20-47)71(106)91(8)55(68(103)93-31-33-109-34-32-93)39-59(97)90(7)57(43-108-10)64(99)85-62/h44-57,61-63H,11-43H2,1-10H3,(H,84,96)(H,85,99)(H,86,100)/t44-,45?,46?,48?,49+,50?,51?,52-,53-,54-,55-,56-,57-,61?,62-,63-/m0/s1. The molecule has 4 aliphatic carbocycles. The Bertz CT molecular complexity index is 3230. The molecule has 4 saturated heterocycles. The third-order valence-electron chi connectivity index (χ3n) is 24.7. The molecule has 12 atom stereocenters. The average molecular weight is 1580 g/mol. The number of hydrogen-bond donors (Lipinski definition) is 3. The molecule has 8 fully saturated rings. The zero-order valence-corrected chi connectivity index (χ0v) is 65.3. The summed E-state index contributed by atoms with van der Waals surface area (Å²) in [6, 6.07) is -11.6. The summed E-state index contributed by atoms with van der Waals surface area (Å²) in [6.07, 6.45) is -15.5. The number of fused-ring (bicyclic) bond motifs is 3. The Hall–Kier alpha value is -7.04. The van der Waals surface area contributed by atoms with Gasteiger partial charge in [-0.3, -0.25) is 57.5 Å². The highest BCUT2D eigenvalue weighted by atomic mass is 19.4. The number of nitrogens with one attached hydrogen (secondary N) is 3. The van der Waals surface area contributed by atoms with Crippen molar-refractivity contribution in [1.29, 1.82) is 0 Å². The Kier molecular flexibility index (Phi) is 31.1. The van der Waals surface area contributed by atoms with Crippen LogP contribution in [0.5, 0.6) is 0 Å². The van der Waals surface area contributed by atoms with Crippen LogP contribution in [0.1, 0.15) is 168 Å². The van der Waals surface area contributed by atoms with Crippen LogP contribution in [-0.2, 0) is 71.7 Å². The summed E-state index contributed by atoms with van der Waals surface area (Å²) in [6.45, 7) is 3.29. The van der Waals surface area contributed by atoms with E-state index in [1.807, 2.05) is 0 Å². The molecule has 4 aliphatic heterocycles. The highest BCUT2D eigenvalue weighted by Gasteiger charge is 2.56. The van der Waals surface area contributed by atoms with Gasteiger partial charge in [0.25, 0.3) is 0 Å². The molecule has 8 rings (SSSR count). The predicted molar refractivity (Wildman–Crippen MR) is 382 cm³/mol. The minimum Gasteiger partial charge on any atom is -0.382 e. The van der Waals surface area contributed by atoms with Gasteiger partial charge in [-0.1, -0.05) is 46.0 Å². The minimum atomic E-state index is -5.22. The van der Waals surface area contributed by atoms with Crippen molar-refractivity contribution in [1.82, 2.24) is 60.0 Å². The van der Waals surface area contributed by atoms with Gasteiger partial charge in [0, 0.05) is 88.6 Å². The lowest BCUT2D eigenvalue weighted by Gasteiger charge is -2.47. The fourth-order valence-corrected chi connectivity index (χ4v) is 17.6. The summed E-state index contributed by atoms with van der Waals surface area (Å²) in [4.78, 5) is 192. The van der Waals surface area contributed by atoms with Gasteiger partial charge in [0.2, 0.25) is 70.9 Å². The molecule has 4 heterocycles. The second kappa shape index (κ2) is 38.7. The van der Waals surface area contributed by atoms with Gasteiger partial charge in [-0.05, 0) is 133 Å². The number of hydrogen-bond acceptors (Lipinski definition) is 15. The van der Waals surface area contributed by atoms with Crippen LogP contribution in [0.25, 0.3) is 0 Å². The number of likely N-dealkylation sites (N-methyl/N-ethyl adjacent to an activating group) is 6. The molecule has 0 aromatic carbocycles. The van der Waals surface area contributed by atoms with E-state index in [4.69, 9.17) is 14.2 Å². The van der Waals surface area contributed by atoms with Crippen LogP contribution in [0.3, 0.4) is 0 Å². The molecule has 1 spiro atoms. The Balaban J connectivity index is 1.20. The van der Waals surface area contributed by atoms with E-state index in [0.717, 1.165) is 29.4 Å². The monoisotopic (exact) mass is 1580 g/mol. The third-order valence-corrected chi connectivity index (χ3v) is 24.7. The number of rotatable bonds is 13. The number of methoxy groups -OCH3 is 1.